The first kappa shape index (κ1) is 2.53. The molecule has 0 aromatic heterocycles. The van der Waals surface area contributed by atoms with Gasteiger partial charge in [-0.25, -0.2) is 0 Å². The van der Waals surface area contributed by atoms with Crippen molar-refractivity contribution in [2.75, 3.05) is 0 Å². The van der Waals surface area contributed by atoms with Crippen LogP contribution in [-0.2, 0) is 0 Å². The van der Waals surface area contributed by atoms with Crippen LogP contribution in [-0.4, -0.2) is 0 Å². The molecule has 0 bridgehead atoms. The Labute approximate surface area is 31.5 Å². The lowest BCUT2D eigenvalue weighted by molar-refractivity contribution is 1.30. The van der Waals surface area contributed by atoms with Crippen LogP contribution in [0.1, 0.15) is 0 Å². The summed E-state index contributed by atoms with van der Waals surface area (Å²) in [5.41, 5.74) is 0. The molecule has 1 aliphatic rings. The maximum absolute atomic E-state index is 3.50. The summed E-state index contributed by atoms with van der Waals surface area (Å²) in [6.45, 7) is 3.50. The molecule has 0 fully saturated rings. The minimum Gasteiger partial charge on any atom is -0.101 e. The van der Waals surface area contributed by atoms with Gasteiger partial charge < -0.3 is 0 Å². The predicted molar refractivity (Wildman–Crippen MR) is 21.5 cm³/mol. The first-order chi connectivity index (χ1) is 2.43. The fourth-order valence-corrected chi connectivity index (χ4v) is 0.166. The second-order valence-electron chi connectivity index (χ2n) is 1.00. The first-order valence-electron chi connectivity index (χ1n) is 1.57. The van der Waals surface area contributed by atoms with Crippen molar-refractivity contribution >= 4 is 0 Å². The van der Waals surface area contributed by atoms with Crippen LogP contribution < -0.4 is 0 Å². The van der Waals surface area contributed by atoms with Crippen molar-refractivity contribution in [2.45, 2.75) is 0 Å². The molecule has 0 saturated heterocycles. The van der Waals surface area contributed by atoms with E-state index in [0.29, 0.717) is 5.92 Å². The molecule has 0 aromatic rings. The number of hydrogen-bond donors (Lipinski definition) is 0. The van der Waals surface area contributed by atoms with Crippen LogP contribution in [0.5, 0.6) is 0 Å². The molecule has 1 rings (SSSR count). The number of allylic oxidation sites excluding steroid dienone is 1. The van der Waals surface area contributed by atoms with E-state index in [-0.39, 0.29) is 0 Å². The van der Waals surface area contributed by atoms with Crippen molar-refractivity contribution in [3.8, 4) is 11.8 Å². The Morgan fingerprint density at radius 3 is 2.20 bits per heavy atom. The lowest BCUT2D eigenvalue weighted by Crippen LogP contribution is -1.60. The van der Waals surface area contributed by atoms with Crippen LogP contribution in [0.2, 0.25) is 0 Å². The molecular weight excluding hydrogens is 60.1 g/mol. The fraction of sp³-hybridized carbons (Fsp3) is 0.200. The van der Waals surface area contributed by atoms with Gasteiger partial charge in [0.25, 0.3) is 0 Å². The molecule has 0 atom stereocenters. The molecule has 0 unspecified atom stereocenters. The van der Waals surface area contributed by atoms with Crippen molar-refractivity contribution in [3.63, 3.8) is 0 Å². The normalized spacial score (nSPS) is 16.0. The van der Waals surface area contributed by atoms with E-state index in [1.807, 2.05) is 0 Å². The van der Waals surface area contributed by atoms with Gasteiger partial charge >= 0.3 is 0 Å². The quantitative estimate of drug-likeness (QED) is 0.312. The van der Waals surface area contributed by atoms with Crippen molar-refractivity contribution in [1.82, 2.24) is 0 Å². The van der Waals surface area contributed by atoms with E-state index in [1.165, 1.54) is 0 Å². The maximum Gasteiger partial charge on any atom is 0.0990 e. The molecule has 0 heterocycles. The van der Waals surface area contributed by atoms with E-state index in [0.717, 1.165) is 0 Å². The van der Waals surface area contributed by atoms with Crippen molar-refractivity contribution in [1.29, 1.82) is 0 Å². The highest BCUT2D eigenvalue weighted by atomic mass is 14.0. The van der Waals surface area contributed by atoms with Gasteiger partial charge in [0.2, 0.25) is 0 Å². The van der Waals surface area contributed by atoms with Gasteiger partial charge in [-0.1, -0.05) is 17.9 Å². The van der Waals surface area contributed by atoms with Gasteiger partial charge in [-0.3, -0.25) is 0 Å². The van der Waals surface area contributed by atoms with Gasteiger partial charge in [-0.2, -0.15) is 0 Å². The van der Waals surface area contributed by atoms with Gasteiger partial charge in [-0.05, 0) is 0 Å². The van der Waals surface area contributed by atoms with Gasteiger partial charge in [0.15, 0.2) is 0 Å². The fourth-order valence-electron chi connectivity index (χ4n) is 0.166. The summed E-state index contributed by atoms with van der Waals surface area (Å²) in [6, 6.07) is 0. The molecule has 0 nitrogen and oxygen atoms in total. The van der Waals surface area contributed by atoms with Crippen LogP contribution in [0.25, 0.3) is 0 Å². The lowest BCUT2D eigenvalue weighted by atomic mass is 10.4. The van der Waals surface area contributed by atoms with Crippen LogP contribution >= 0.6 is 0 Å². The summed E-state index contributed by atoms with van der Waals surface area (Å²) < 4.78 is 0. The standard InChI is InChI=1S/C5H4/c1-2-5-3-4-5/h2,5H,1H2. The van der Waals surface area contributed by atoms with Crippen LogP contribution in [0.3, 0.4) is 0 Å². The van der Waals surface area contributed by atoms with Gasteiger partial charge in [0.05, 0.1) is 5.92 Å². The molecule has 0 spiro atoms. The third kappa shape index (κ3) is 0.302. The van der Waals surface area contributed by atoms with E-state index in [1.54, 1.807) is 6.08 Å². The zero-order chi connectivity index (χ0) is 3.70. The Bertz CT molecular complexity index is 92.9. The van der Waals surface area contributed by atoms with Gasteiger partial charge in [-0.15, -0.1) is 6.58 Å². The van der Waals surface area contributed by atoms with Crippen LogP contribution in [0, 0.1) is 17.8 Å². The minimum atomic E-state index is 0.398. The van der Waals surface area contributed by atoms with Crippen molar-refractivity contribution < 1.29 is 0 Å². The van der Waals surface area contributed by atoms with E-state index in [2.05, 4.69) is 18.4 Å². The van der Waals surface area contributed by atoms with Crippen LogP contribution in [0.15, 0.2) is 12.7 Å². The number of hydrogen-bond acceptors (Lipinski definition) is 0. The summed E-state index contributed by atoms with van der Waals surface area (Å²) in [4.78, 5) is 0. The molecule has 0 N–H and O–H groups in total. The SMILES string of the molecule is C=CC1C#C1. The Hall–Kier alpha value is -0.700. The molecule has 1 aliphatic carbocycles. The Kier molecular flexibility index (Phi) is 0.315. The molecule has 0 saturated carbocycles. The first-order valence-corrected chi connectivity index (χ1v) is 1.57. The summed E-state index contributed by atoms with van der Waals surface area (Å²) in [6.07, 6.45) is 1.81. The zero-order valence-electron chi connectivity index (χ0n) is 2.86. The average Bonchev–Trinajstić information content (AvgIpc) is 2.12. The Balaban J connectivity index is 2.31. The van der Waals surface area contributed by atoms with E-state index in [4.69, 9.17) is 0 Å². The lowest BCUT2D eigenvalue weighted by Gasteiger charge is -1.64. The molecular formula is C5H4. The Morgan fingerprint density at radius 1 is 1.60 bits per heavy atom. The molecule has 5 heavy (non-hydrogen) atoms. The molecule has 24 valence electrons. The minimum absolute atomic E-state index is 0.398. The van der Waals surface area contributed by atoms with Crippen LogP contribution in [0.4, 0.5) is 0 Å². The topological polar surface area (TPSA) is 0 Å². The summed E-state index contributed by atoms with van der Waals surface area (Å²) in [5, 5.41) is 0. The smallest absolute Gasteiger partial charge is 0.0990 e. The molecule has 0 heteroatoms. The average molecular weight is 64.1 g/mol. The molecule has 0 amide bonds. The summed E-state index contributed by atoms with van der Waals surface area (Å²) in [7, 11) is 0. The molecule has 0 aliphatic heterocycles. The third-order valence-corrected chi connectivity index (χ3v) is 0.547. The van der Waals surface area contributed by atoms with E-state index < -0.39 is 0 Å². The molecule has 0 radical (unpaired) electrons. The second kappa shape index (κ2) is 0.621. The Morgan fingerprint density at radius 2 is 2.20 bits per heavy atom. The monoisotopic (exact) mass is 64.0 g/mol. The highest BCUT2D eigenvalue weighted by Gasteiger charge is 1.99. The zero-order valence-corrected chi connectivity index (χ0v) is 2.86. The van der Waals surface area contributed by atoms with Gasteiger partial charge in [0.1, 0.15) is 0 Å². The summed E-state index contributed by atoms with van der Waals surface area (Å²) in [5.74, 6) is 6.03. The second-order valence-corrected chi connectivity index (χ2v) is 1.00. The largest absolute Gasteiger partial charge is 0.101 e. The highest BCUT2D eigenvalue weighted by molar-refractivity contribution is 5.35. The molecule has 0 aromatic carbocycles. The van der Waals surface area contributed by atoms with E-state index in [9.17, 15) is 0 Å². The predicted octanol–water partition coefficient (Wildman–Crippen LogP) is 0.806. The van der Waals surface area contributed by atoms with E-state index >= 15 is 0 Å². The van der Waals surface area contributed by atoms with Gasteiger partial charge in [0, 0.05) is 0 Å². The third-order valence-electron chi connectivity index (χ3n) is 0.547. The summed E-state index contributed by atoms with van der Waals surface area (Å²) >= 11 is 0. The number of rotatable bonds is 1. The van der Waals surface area contributed by atoms with Crippen molar-refractivity contribution in [3.05, 3.63) is 12.7 Å². The highest BCUT2D eigenvalue weighted by Crippen LogP contribution is 2.02. The maximum atomic E-state index is 3.50. The van der Waals surface area contributed by atoms with Crippen molar-refractivity contribution in [2.24, 2.45) is 5.92 Å².